The largest absolute Gasteiger partial charge is 0.472 e. The van der Waals surface area contributed by atoms with Gasteiger partial charge in [0, 0.05) is 6.92 Å². The minimum atomic E-state index is -5.21. The summed E-state index contributed by atoms with van der Waals surface area (Å²) >= 11 is 0. The average Bonchev–Trinajstić information content (AvgIpc) is 2.29. The Labute approximate surface area is 113 Å². The summed E-state index contributed by atoms with van der Waals surface area (Å²) < 4.78 is 19.6. The van der Waals surface area contributed by atoms with Crippen LogP contribution in [0, 0.1) is 0 Å². The van der Waals surface area contributed by atoms with Gasteiger partial charge in [0.1, 0.15) is 24.9 Å². The van der Waals surface area contributed by atoms with Gasteiger partial charge < -0.3 is 40.3 Å². The molecule has 0 unspecified atom stereocenters. The molecule has 0 saturated carbocycles. The van der Waals surface area contributed by atoms with Gasteiger partial charge in [-0.05, 0) is 0 Å². The van der Waals surface area contributed by atoms with Crippen molar-refractivity contribution < 1.29 is 48.8 Å². The standard InChI is InChI=1S/C8H16NO10P/c1-3(11)9-4-5(12)6(13)8(2-10,18-7(4)14)19-20(15,16)17/h4-7,10,12-14H,2H2,1H3,(H,9,11)(H2,15,16,17)/t4-,5-,6+,7-,8-/m1/s1. The molecule has 11 nitrogen and oxygen atoms in total. The summed E-state index contributed by atoms with van der Waals surface area (Å²) in [6, 6.07) is -1.47. The lowest BCUT2D eigenvalue weighted by Crippen LogP contribution is -2.70. The van der Waals surface area contributed by atoms with Gasteiger partial charge in [-0.25, -0.2) is 9.09 Å². The van der Waals surface area contributed by atoms with Crippen LogP contribution in [0.25, 0.3) is 0 Å². The van der Waals surface area contributed by atoms with Crippen molar-refractivity contribution in [3.05, 3.63) is 0 Å². The summed E-state index contributed by atoms with van der Waals surface area (Å²) in [5.41, 5.74) is 0. The molecule has 118 valence electrons. The zero-order chi connectivity index (χ0) is 15.7. The number of phosphoric acid groups is 1. The molecule has 0 radical (unpaired) electrons. The molecular formula is C8H16NO10P. The number of carbonyl (C=O) groups excluding carboxylic acids is 1. The molecule has 12 heteroatoms. The number of hydrogen-bond donors (Lipinski definition) is 7. The average molecular weight is 317 g/mol. The molecule has 1 aliphatic rings. The predicted molar refractivity (Wildman–Crippen MR) is 59.7 cm³/mol. The molecule has 5 atom stereocenters. The van der Waals surface area contributed by atoms with Crippen LogP contribution in [-0.2, 0) is 18.6 Å². The Bertz CT molecular complexity index is 412. The highest BCUT2D eigenvalue weighted by Crippen LogP contribution is 2.45. The third-order valence-corrected chi connectivity index (χ3v) is 3.18. The number of aliphatic hydroxyl groups excluding tert-OH is 4. The number of hydrogen-bond acceptors (Lipinski definition) is 8. The van der Waals surface area contributed by atoms with Crippen molar-refractivity contribution in [1.29, 1.82) is 0 Å². The Morgan fingerprint density at radius 2 is 1.95 bits per heavy atom. The molecule has 7 N–H and O–H groups in total. The fourth-order valence-electron chi connectivity index (χ4n) is 1.80. The van der Waals surface area contributed by atoms with Gasteiger partial charge in [-0.1, -0.05) is 0 Å². The molecule has 0 aliphatic carbocycles. The third kappa shape index (κ3) is 3.73. The summed E-state index contributed by atoms with van der Waals surface area (Å²) in [4.78, 5) is 28.3. The number of ether oxygens (including phenoxy) is 1. The summed E-state index contributed by atoms with van der Waals surface area (Å²) in [6.07, 6.45) is -6.02. The normalized spacial score (nSPS) is 38.5. The molecule has 1 saturated heterocycles. The summed E-state index contributed by atoms with van der Waals surface area (Å²) in [7, 11) is -5.21. The zero-order valence-electron chi connectivity index (χ0n) is 10.3. The topological polar surface area (TPSA) is 186 Å². The van der Waals surface area contributed by atoms with Crippen molar-refractivity contribution in [2.24, 2.45) is 0 Å². The highest BCUT2D eigenvalue weighted by Gasteiger charge is 2.57. The van der Waals surface area contributed by atoms with Crippen LogP contribution in [0.5, 0.6) is 0 Å². The second-order valence-corrected chi connectivity index (χ2v) is 5.39. The van der Waals surface area contributed by atoms with Crippen LogP contribution in [-0.4, -0.2) is 73.1 Å². The quantitative estimate of drug-likeness (QED) is 0.255. The van der Waals surface area contributed by atoms with E-state index in [9.17, 15) is 24.7 Å². The van der Waals surface area contributed by atoms with Gasteiger partial charge in [0.15, 0.2) is 6.29 Å². The number of aliphatic hydroxyl groups is 4. The first-order valence-corrected chi connectivity index (χ1v) is 6.92. The van der Waals surface area contributed by atoms with E-state index in [4.69, 9.17) is 14.9 Å². The van der Waals surface area contributed by atoms with Crippen LogP contribution < -0.4 is 5.32 Å². The number of carbonyl (C=O) groups is 1. The maximum atomic E-state index is 10.9. The summed E-state index contributed by atoms with van der Waals surface area (Å²) in [5, 5.41) is 40.4. The van der Waals surface area contributed by atoms with E-state index in [2.05, 4.69) is 14.6 Å². The van der Waals surface area contributed by atoms with Gasteiger partial charge in [0.05, 0.1) is 0 Å². The molecule has 0 aromatic carbocycles. The van der Waals surface area contributed by atoms with Gasteiger partial charge in [-0.15, -0.1) is 0 Å². The highest BCUT2D eigenvalue weighted by molar-refractivity contribution is 7.46. The van der Waals surface area contributed by atoms with E-state index < -0.39 is 50.7 Å². The van der Waals surface area contributed by atoms with E-state index in [1.807, 2.05) is 0 Å². The summed E-state index contributed by atoms with van der Waals surface area (Å²) in [6.45, 7) is -0.188. The number of phosphoric ester groups is 1. The van der Waals surface area contributed by atoms with Crippen molar-refractivity contribution in [3.8, 4) is 0 Å². The first-order chi connectivity index (χ1) is 9.02. The number of nitrogens with one attached hydrogen (secondary N) is 1. The predicted octanol–water partition coefficient (Wildman–Crippen LogP) is -3.64. The minimum Gasteiger partial charge on any atom is -0.391 e. The van der Waals surface area contributed by atoms with Crippen molar-refractivity contribution in [2.75, 3.05) is 6.61 Å². The van der Waals surface area contributed by atoms with Crippen molar-refractivity contribution >= 4 is 13.7 Å². The molecule has 0 spiro atoms. The molecule has 0 aromatic rings. The molecule has 20 heavy (non-hydrogen) atoms. The van der Waals surface area contributed by atoms with E-state index in [0.29, 0.717) is 0 Å². The number of rotatable bonds is 4. The van der Waals surface area contributed by atoms with E-state index in [1.54, 1.807) is 0 Å². The molecule has 1 heterocycles. The molecule has 1 amide bonds. The van der Waals surface area contributed by atoms with Gasteiger partial charge in [-0.2, -0.15) is 0 Å². The lowest BCUT2D eigenvalue weighted by atomic mass is 9.94. The van der Waals surface area contributed by atoms with Gasteiger partial charge >= 0.3 is 7.82 Å². The van der Waals surface area contributed by atoms with Crippen LogP contribution in [0.3, 0.4) is 0 Å². The lowest BCUT2D eigenvalue weighted by Gasteiger charge is -2.46. The lowest BCUT2D eigenvalue weighted by molar-refractivity contribution is -0.365. The third-order valence-electron chi connectivity index (χ3n) is 2.63. The Morgan fingerprint density at radius 1 is 1.40 bits per heavy atom. The monoisotopic (exact) mass is 317 g/mol. The van der Waals surface area contributed by atoms with Gasteiger partial charge in [-0.3, -0.25) is 4.79 Å². The molecule has 0 bridgehead atoms. The Hall–Kier alpha value is -0.620. The van der Waals surface area contributed by atoms with E-state index in [-0.39, 0.29) is 0 Å². The second kappa shape index (κ2) is 6.02. The first-order valence-electron chi connectivity index (χ1n) is 5.38. The van der Waals surface area contributed by atoms with Crippen LogP contribution in [0.1, 0.15) is 6.92 Å². The first kappa shape index (κ1) is 17.4. The Balaban J connectivity index is 3.03. The fraction of sp³-hybridized carbons (Fsp3) is 0.875. The van der Waals surface area contributed by atoms with Crippen LogP contribution in [0.2, 0.25) is 0 Å². The molecule has 1 fully saturated rings. The van der Waals surface area contributed by atoms with Gasteiger partial charge in [0.2, 0.25) is 11.7 Å². The van der Waals surface area contributed by atoms with E-state index in [0.717, 1.165) is 6.92 Å². The maximum Gasteiger partial charge on any atom is 0.472 e. The van der Waals surface area contributed by atoms with Crippen molar-refractivity contribution in [2.45, 2.75) is 37.3 Å². The molecular weight excluding hydrogens is 301 g/mol. The molecule has 1 aliphatic heterocycles. The summed E-state index contributed by atoms with van der Waals surface area (Å²) in [5.74, 6) is -3.39. The van der Waals surface area contributed by atoms with Crippen LogP contribution in [0.15, 0.2) is 0 Å². The Kier molecular flexibility index (Phi) is 5.24. The van der Waals surface area contributed by atoms with Crippen LogP contribution >= 0.6 is 7.82 Å². The molecule has 1 rings (SSSR count). The number of amides is 1. The highest BCUT2D eigenvalue weighted by atomic mass is 31.2. The maximum absolute atomic E-state index is 10.9. The van der Waals surface area contributed by atoms with E-state index >= 15 is 0 Å². The molecule has 0 aromatic heterocycles. The van der Waals surface area contributed by atoms with Gasteiger partial charge in [0.25, 0.3) is 0 Å². The zero-order valence-corrected chi connectivity index (χ0v) is 11.2. The fourth-order valence-corrected chi connectivity index (χ4v) is 2.41. The minimum absolute atomic E-state index is 0.656. The van der Waals surface area contributed by atoms with Crippen molar-refractivity contribution in [1.82, 2.24) is 5.32 Å². The SMILES string of the molecule is CC(=O)N[C@@H]1[C@@H](O)[C@H](O)[C@@](CO)(OP(=O)(O)O)O[C@H]1O. The smallest absolute Gasteiger partial charge is 0.391 e. The van der Waals surface area contributed by atoms with Crippen molar-refractivity contribution in [3.63, 3.8) is 0 Å². The van der Waals surface area contributed by atoms with Crippen LogP contribution in [0.4, 0.5) is 0 Å². The van der Waals surface area contributed by atoms with E-state index in [1.165, 1.54) is 0 Å². The Morgan fingerprint density at radius 3 is 2.35 bits per heavy atom. The second-order valence-electron chi connectivity index (χ2n) is 4.22.